The first kappa shape index (κ1) is 27.2. The van der Waals surface area contributed by atoms with Crippen LogP contribution in [0.15, 0.2) is 24.3 Å². The lowest BCUT2D eigenvalue weighted by Gasteiger charge is -2.40. The Morgan fingerprint density at radius 2 is 1.92 bits per heavy atom. The van der Waals surface area contributed by atoms with Crippen molar-refractivity contribution in [3.63, 3.8) is 0 Å². The number of ether oxygens (including phenoxy) is 1. The average molecular weight is 519 g/mol. The summed E-state index contributed by atoms with van der Waals surface area (Å²) in [5.74, 6) is -1.83. The van der Waals surface area contributed by atoms with E-state index in [2.05, 4.69) is 32.9 Å². The zero-order valence-corrected chi connectivity index (χ0v) is 23.0. The molecule has 0 aromatic carbocycles. The van der Waals surface area contributed by atoms with Crippen molar-refractivity contribution in [2.75, 3.05) is 26.3 Å². The minimum Gasteiger partial charge on any atom is -0.465 e. The topological polar surface area (TPSA) is 87.2 Å². The van der Waals surface area contributed by atoms with Gasteiger partial charge in [-0.25, -0.2) is 0 Å². The maximum atomic E-state index is 14.4. The van der Waals surface area contributed by atoms with Crippen LogP contribution in [-0.2, 0) is 19.1 Å². The van der Waals surface area contributed by atoms with Gasteiger partial charge in [0.05, 0.1) is 35.8 Å². The number of allylic oxidation sites excluding steroid dienone is 1. The molecular weight excluding hydrogens is 476 g/mol. The van der Waals surface area contributed by atoms with Crippen molar-refractivity contribution in [2.45, 2.75) is 87.8 Å². The van der Waals surface area contributed by atoms with Crippen molar-refractivity contribution in [2.24, 2.45) is 17.8 Å². The van der Waals surface area contributed by atoms with Crippen LogP contribution in [0.4, 0.5) is 0 Å². The van der Waals surface area contributed by atoms with Gasteiger partial charge in [-0.1, -0.05) is 51.5 Å². The number of amides is 2. The highest BCUT2D eigenvalue weighted by Gasteiger charge is 2.74. The molecule has 4 heterocycles. The molecule has 4 aliphatic rings. The normalized spacial score (nSPS) is 36.3. The standard InChI is InChI=1S/C28H42N2O5S/c1-5-6-14-29-15-11-13-28-21(22-26(34)35-16-10-8-7-9-12-27(22,4)36-28)24(32)30(23(28)25(29)33)20(18-31)17-19(2)3/h9,11-13,19-23,31H,5-8,10,14-18H2,1-4H3/b12-9-/t20-,21+,22+,23?,27-,28+/m1/s1. The molecule has 1 N–H and O–H groups in total. The lowest BCUT2D eigenvalue weighted by molar-refractivity contribution is -0.155. The number of hydrogen-bond donors (Lipinski definition) is 1. The largest absolute Gasteiger partial charge is 0.465 e. The van der Waals surface area contributed by atoms with Gasteiger partial charge >= 0.3 is 5.97 Å². The lowest BCUT2D eigenvalue weighted by Crippen LogP contribution is -2.57. The van der Waals surface area contributed by atoms with Gasteiger partial charge in [0.2, 0.25) is 11.8 Å². The van der Waals surface area contributed by atoms with Gasteiger partial charge in [-0.15, -0.1) is 11.8 Å². The molecule has 0 aromatic rings. The van der Waals surface area contributed by atoms with Crippen LogP contribution in [0, 0.1) is 17.8 Å². The zero-order chi connectivity index (χ0) is 26.1. The van der Waals surface area contributed by atoms with E-state index >= 15 is 0 Å². The number of nitrogens with zero attached hydrogens (tertiary/aromatic N) is 2. The monoisotopic (exact) mass is 518 g/mol. The van der Waals surface area contributed by atoms with Crippen LogP contribution in [0.1, 0.15) is 66.2 Å². The number of rotatable bonds is 7. The smallest absolute Gasteiger partial charge is 0.311 e. The molecule has 0 radical (unpaired) electrons. The number of likely N-dealkylation sites (tertiary alicyclic amines) is 1. The second kappa shape index (κ2) is 10.9. The van der Waals surface area contributed by atoms with E-state index in [1.807, 2.05) is 24.0 Å². The maximum absolute atomic E-state index is 14.4. The second-order valence-electron chi connectivity index (χ2n) is 11.3. The van der Waals surface area contributed by atoms with Crippen molar-refractivity contribution < 1.29 is 24.2 Å². The highest BCUT2D eigenvalue weighted by molar-refractivity contribution is 8.02. The van der Waals surface area contributed by atoms with Crippen LogP contribution in [0.3, 0.4) is 0 Å². The Morgan fingerprint density at radius 1 is 1.14 bits per heavy atom. The van der Waals surface area contributed by atoms with Crippen LogP contribution in [-0.4, -0.2) is 80.6 Å². The van der Waals surface area contributed by atoms with Crippen LogP contribution in [0.25, 0.3) is 0 Å². The van der Waals surface area contributed by atoms with Gasteiger partial charge in [-0.3, -0.25) is 14.4 Å². The third kappa shape index (κ3) is 4.64. The Labute approximate surface area is 219 Å². The Bertz CT molecular complexity index is 920. The molecule has 0 aliphatic carbocycles. The minimum absolute atomic E-state index is 0.0799. The summed E-state index contributed by atoms with van der Waals surface area (Å²) in [5, 5.41) is 10.4. The minimum atomic E-state index is -0.892. The van der Waals surface area contributed by atoms with Gasteiger partial charge in [-0.05, 0) is 44.9 Å². The number of cyclic esters (lactones) is 1. The van der Waals surface area contributed by atoms with Crippen LogP contribution in [0.2, 0.25) is 0 Å². The van der Waals surface area contributed by atoms with Gasteiger partial charge < -0.3 is 19.6 Å². The summed E-state index contributed by atoms with van der Waals surface area (Å²) in [6.45, 7) is 9.46. The predicted octanol–water partition coefficient (Wildman–Crippen LogP) is 3.56. The van der Waals surface area contributed by atoms with Crippen molar-refractivity contribution in [3.05, 3.63) is 24.3 Å². The number of carbonyl (C=O) groups excluding carboxylic acids is 3. The number of aliphatic hydroxyl groups excluding tert-OH is 1. The average Bonchev–Trinajstić information content (AvgIpc) is 3.17. The fourth-order valence-electron chi connectivity index (χ4n) is 6.55. The molecule has 1 spiro atoms. The van der Waals surface area contributed by atoms with E-state index in [9.17, 15) is 19.5 Å². The molecule has 1 unspecified atom stereocenters. The molecular formula is C28H42N2O5S. The lowest BCUT2D eigenvalue weighted by atomic mass is 9.74. The highest BCUT2D eigenvalue weighted by atomic mass is 32.2. The van der Waals surface area contributed by atoms with Crippen LogP contribution < -0.4 is 0 Å². The quantitative estimate of drug-likeness (QED) is 0.410. The summed E-state index contributed by atoms with van der Waals surface area (Å²) < 4.78 is 4.16. The van der Waals surface area contributed by atoms with E-state index < -0.39 is 33.4 Å². The number of hydrogen-bond acceptors (Lipinski definition) is 6. The van der Waals surface area contributed by atoms with Crippen molar-refractivity contribution >= 4 is 29.5 Å². The van der Waals surface area contributed by atoms with Crippen molar-refractivity contribution in [1.82, 2.24) is 9.80 Å². The third-order valence-corrected chi connectivity index (χ3v) is 9.95. The number of esters is 1. The first-order chi connectivity index (χ1) is 17.2. The summed E-state index contributed by atoms with van der Waals surface area (Å²) in [4.78, 5) is 45.7. The molecule has 7 nitrogen and oxygen atoms in total. The van der Waals surface area contributed by atoms with Crippen LogP contribution >= 0.6 is 11.8 Å². The van der Waals surface area contributed by atoms with Gasteiger partial charge in [0.25, 0.3) is 0 Å². The van der Waals surface area contributed by atoms with E-state index in [1.54, 1.807) is 16.7 Å². The molecule has 0 saturated carbocycles. The molecule has 2 saturated heterocycles. The SMILES string of the molecule is CCCCN1CC=C[C@]23S[C@]4(C)/C=C\CCCCOC(=O)[C@@H]4[C@H]2C(=O)N([C@@H](CO)CC(C)C)C3C1=O. The van der Waals surface area contributed by atoms with Gasteiger partial charge in [0.1, 0.15) is 6.04 Å². The van der Waals surface area contributed by atoms with Crippen LogP contribution in [0.5, 0.6) is 0 Å². The summed E-state index contributed by atoms with van der Waals surface area (Å²) in [7, 11) is 0. The van der Waals surface area contributed by atoms with Crippen molar-refractivity contribution in [1.29, 1.82) is 0 Å². The Morgan fingerprint density at radius 3 is 2.61 bits per heavy atom. The first-order valence-corrected chi connectivity index (χ1v) is 14.5. The number of carbonyl (C=O) groups is 3. The Hall–Kier alpha value is -1.80. The molecule has 8 heteroatoms. The molecule has 36 heavy (non-hydrogen) atoms. The molecule has 0 bridgehead atoms. The number of thioether (sulfide) groups is 1. The zero-order valence-electron chi connectivity index (χ0n) is 22.2. The number of fused-ring (bicyclic) bond motifs is 2. The number of aliphatic hydroxyl groups is 1. The molecule has 2 amide bonds. The fourth-order valence-corrected chi connectivity index (χ4v) is 8.69. The molecule has 6 atom stereocenters. The van der Waals surface area contributed by atoms with E-state index in [4.69, 9.17) is 4.74 Å². The summed E-state index contributed by atoms with van der Waals surface area (Å²) in [5.41, 5.74) is 0. The van der Waals surface area contributed by atoms with Gasteiger partial charge in [0.15, 0.2) is 0 Å². The summed E-state index contributed by atoms with van der Waals surface area (Å²) in [6.07, 6.45) is 13.3. The van der Waals surface area contributed by atoms with Gasteiger partial charge in [0, 0.05) is 17.8 Å². The third-order valence-electron chi connectivity index (χ3n) is 8.15. The summed E-state index contributed by atoms with van der Waals surface area (Å²) >= 11 is 1.57. The van der Waals surface area contributed by atoms with E-state index in [0.29, 0.717) is 26.1 Å². The molecule has 200 valence electrons. The van der Waals surface area contributed by atoms with E-state index in [1.165, 1.54) is 0 Å². The predicted molar refractivity (Wildman–Crippen MR) is 141 cm³/mol. The molecule has 4 rings (SSSR count). The first-order valence-electron chi connectivity index (χ1n) is 13.6. The van der Waals surface area contributed by atoms with Gasteiger partial charge in [-0.2, -0.15) is 0 Å². The van der Waals surface area contributed by atoms with Crippen molar-refractivity contribution in [3.8, 4) is 0 Å². The van der Waals surface area contributed by atoms with E-state index in [-0.39, 0.29) is 30.3 Å². The fraction of sp³-hybridized carbons (Fsp3) is 0.750. The van der Waals surface area contributed by atoms with E-state index in [0.717, 1.165) is 32.1 Å². The Kier molecular flexibility index (Phi) is 8.25. The molecule has 2 fully saturated rings. The second-order valence-corrected chi connectivity index (χ2v) is 13.1. The summed E-state index contributed by atoms with van der Waals surface area (Å²) in [6, 6.07) is -1.24. The maximum Gasteiger partial charge on any atom is 0.311 e. The Balaban J connectivity index is 1.86. The molecule has 4 aliphatic heterocycles. The molecule has 0 aromatic heterocycles. The highest BCUT2D eigenvalue weighted by Crippen LogP contribution is 2.65. The number of unbranched alkanes of at least 4 members (excludes halogenated alkanes) is 1.